The third-order valence-electron chi connectivity index (χ3n) is 2.59. The Bertz CT molecular complexity index is 640. The molecule has 0 saturated carbocycles. The number of carbonyl (C=O) groups excluding carboxylic acids is 1. The Kier molecular flexibility index (Phi) is 4.77. The number of rotatable bonds is 3. The van der Waals surface area contributed by atoms with Crippen LogP contribution in [0.5, 0.6) is 0 Å². The first kappa shape index (κ1) is 15.0. The molecule has 0 bridgehead atoms. The number of hydrogen-bond acceptors (Lipinski definition) is 2. The lowest BCUT2D eigenvalue weighted by Gasteiger charge is -2.10. The van der Waals surface area contributed by atoms with Crippen molar-refractivity contribution in [3.63, 3.8) is 0 Å². The summed E-state index contributed by atoms with van der Waals surface area (Å²) in [6.45, 7) is 0. The molecule has 0 saturated heterocycles. The molecule has 0 radical (unpaired) electrons. The van der Waals surface area contributed by atoms with Gasteiger partial charge >= 0.3 is 0 Å². The minimum atomic E-state index is -0.906. The van der Waals surface area contributed by atoms with E-state index in [0.717, 1.165) is 17.0 Å². The Labute approximate surface area is 127 Å². The summed E-state index contributed by atoms with van der Waals surface area (Å²) in [6.07, 6.45) is 1.85. The van der Waals surface area contributed by atoms with E-state index in [1.165, 1.54) is 11.8 Å². The van der Waals surface area contributed by atoms with Gasteiger partial charge in [-0.1, -0.05) is 28.1 Å². The molecule has 0 heterocycles. The summed E-state index contributed by atoms with van der Waals surface area (Å²) in [4.78, 5) is 12.8. The summed E-state index contributed by atoms with van der Waals surface area (Å²) in [5.74, 6) is -2.62. The van der Waals surface area contributed by atoms with Crippen molar-refractivity contribution in [2.24, 2.45) is 0 Å². The molecule has 6 heteroatoms. The minimum absolute atomic E-state index is 0.244. The van der Waals surface area contributed by atoms with Crippen LogP contribution in [0.25, 0.3) is 0 Å². The summed E-state index contributed by atoms with van der Waals surface area (Å²) >= 11 is 4.40. The number of amides is 1. The summed E-state index contributed by atoms with van der Waals surface area (Å²) in [5.41, 5.74) is -0.0733. The number of hydrogen-bond donors (Lipinski definition) is 1. The molecule has 2 aromatic rings. The van der Waals surface area contributed by atoms with Crippen LogP contribution < -0.4 is 5.32 Å². The van der Waals surface area contributed by atoms with Crippen molar-refractivity contribution < 1.29 is 13.6 Å². The maximum absolute atomic E-state index is 13.7. The second-order valence-electron chi connectivity index (χ2n) is 3.90. The molecule has 1 amide bonds. The van der Waals surface area contributed by atoms with Gasteiger partial charge in [0.2, 0.25) is 0 Å². The maximum atomic E-state index is 13.7. The zero-order chi connectivity index (χ0) is 14.7. The summed E-state index contributed by atoms with van der Waals surface area (Å²) < 4.78 is 27.7. The van der Waals surface area contributed by atoms with Crippen LogP contribution in [0.15, 0.2) is 45.8 Å². The molecule has 104 valence electrons. The second kappa shape index (κ2) is 6.37. The molecular weight excluding hydrogens is 348 g/mol. The highest BCUT2D eigenvalue weighted by Gasteiger charge is 2.19. The smallest absolute Gasteiger partial charge is 0.261 e. The third kappa shape index (κ3) is 3.19. The van der Waals surface area contributed by atoms with E-state index in [1.54, 1.807) is 12.1 Å². The molecule has 1 N–H and O–H groups in total. The second-order valence-corrected chi connectivity index (χ2v) is 5.66. The van der Waals surface area contributed by atoms with Crippen LogP contribution in [0.1, 0.15) is 10.4 Å². The SMILES string of the molecule is CSc1ccccc1NC(=O)c1c(F)cc(Br)cc1F. The molecule has 0 aliphatic rings. The molecule has 0 spiro atoms. The van der Waals surface area contributed by atoms with Gasteiger partial charge in [0.05, 0.1) is 5.69 Å². The molecule has 0 unspecified atom stereocenters. The van der Waals surface area contributed by atoms with Crippen LogP contribution in [-0.4, -0.2) is 12.2 Å². The van der Waals surface area contributed by atoms with Gasteiger partial charge in [-0.25, -0.2) is 8.78 Å². The fourth-order valence-corrected chi connectivity index (χ4v) is 2.65. The summed E-state index contributed by atoms with van der Waals surface area (Å²) in [7, 11) is 0. The highest BCUT2D eigenvalue weighted by atomic mass is 79.9. The van der Waals surface area contributed by atoms with Crippen molar-refractivity contribution in [3.05, 3.63) is 58.1 Å². The van der Waals surface area contributed by atoms with Gasteiger partial charge in [-0.3, -0.25) is 4.79 Å². The number of thioether (sulfide) groups is 1. The lowest BCUT2D eigenvalue weighted by molar-refractivity contribution is 0.101. The van der Waals surface area contributed by atoms with Gasteiger partial charge in [0.1, 0.15) is 17.2 Å². The lowest BCUT2D eigenvalue weighted by Crippen LogP contribution is -2.16. The number of halogens is 3. The van der Waals surface area contributed by atoms with E-state index in [1.807, 2.05) is 18.4 Å². The van der Waals surface area contributed by atoms with Gasteiger partial charge in [0, 0.05) is 9.37 Å². The van der Waals surface area contributed by atoms with Gasteiger partial charge in [-0.15, -0.1) is 11.8 Å². The van der Waals surface area contributed by atoms with Gasteiger partial charge < -0.3 is 5.32 Å². The molecule has 20 heavy (non-hydrogen) atoms. The van der Waals surface area contributed by atoms with Crippen molar-refractivity contribution in [1.29, 1.82) is 0 Å². The largest absolute Gasteiger partial charge is 0.321 e. The number of carbonyl (C=O) groups is 1. The average molecular weight is 358 g/mol. The quantitative estimate of drug-likeness (QED) is 0.806. The van der Waals surface area contributed by atoms with E-state index < -0.39 is 23.1 Å². The Morgan fingerprint density at radius 3 is 2.40 bits per heavy atom. The van der Waals surface area contributed by atoms with Crippen molar-refractivity contribution in [1.82, 2.24) is 0 Å². The van der Waals surface area contributed by atoms with E-state index in [9.17, 15) is 13.6 Å². The van der Waals surface area contributed by atoms with Gasteiger partial charge in [-0.2, -0.15) is 0 Å². The molecule has 2 nitrogen and oxygen atoms in total. The fourth-order valence-electron chi connectivity index (χ4n) is 1.69. The minimum Gasteiger partial charge on any atom is -0.321 e. The Morgan fingerprint density at radius 1 is 1.20 bits per heavy atom. The van der Waals surface area contributed by atoms with Gasteiger partial charge in [0.15, 0.2) is 0 Å². The third-order valence-corrected chi connectivity index (χ3v) is 3.84. The van der Waals surface area contributed by atoms with Crippen LogP contribution in [0.2, 0.25) is 0 Å². The zero-order valence-electron chi connectivity index (χ0n) is 10.4. The van der Waals surface area contributed by atoms with Crippen LogP contribution >= 0.6 is 27.7 Å². The molecule has 0 aliphatic carbocycles. The van der Waals surface area contributed by atoms with Crippen molar-refractivity contribution >= 4 is 39.3 Å². The molecular formula is C14H10BrF2NOS. The zero-order valence-corrected chi connectivity index (χ0v) is 12.8. The van der Waals surface area contributed by atoms with Crippen molar-refractivity contribution in [2.45, 2.75) is 4.90 Å². The summed E-state index contributed by atoms with van der Waals surface area (Å²) in [5, 5.41) is 2.52. The number of benzene rings is 2. The summed E-state index contributed by atoms with van der Waals surface area (Å²) in [6, 6.07) is 9.16. The Morgan fingerprint density at radius 2 is 1.80 bits per heavy atom. The van der Waals surface area contributed by atoms with Crippen LogP contribution in [-0.2, 0) is 0 Å². The monoisotopic (exact) mass is 357 g/mol. The van der Waals surface area contributed by atoms with Gasteiger partial charge in [-0.05, 0) is 30.5 Å². The molecule has 0 atom stereocenters. The Balaban J connectivity index is 2.34. The van der Waals surface area contributed by atoms with E-state index in [4.69, 9.17) is 0 Å². The van der Waals surface area contributed by atoms with Crippen LogP contribution in [0.4, 0.5) is 14.5 Å². The fraction of sp³-hybridized carbons (Fsp3) is 0.0714. The first-order valence-electron chi connectivity index (χ1n) is 5.62. The molecule has 0 fully saturated rings. The van der Waals surface area contributed by atoms with E-state index in [2.05, 4.69) is 21.2 Å². The van der Waals surface area contributed by atoms with Crippen LogP contribution in [0.3, 0.4) is 0 Å². The van der Waals surface area contributed by atoms with E-state index in [0.29, 0.717) is 5.69 Å². The van der Waals surface area contributed by atoms with Crippen molar-refractivity contribution in [2.75, 3.05) is 11.6 Å². The number of nitrogens with one attached hydrogen (secondary N) is 1. The predicted octanol–water partition coefficient (Wildman–Crippen LogP) is 4.70. The molecule has 2 rings (SSSR count). The molecule has 2 aromatic carbocycles. The first-order valence-corrected chi connectivity index (χ1v) is 7.63. The van der Waals surface area contributed by atoms with E-state index >= 15 is 0 Å². The molecule has 0 aliphatic heterocycles. The maximum Gasteiger partial charge on any atom is 0.261 e. The molecule has 0 aromatic heterocycles. The number of anilines is 1. The average Bonchev–Trinajstić information content (AvgIpc) is 2.38. The normalized spacial score (nSPS) is 10.4. The van der Waals surface area contributed by atoms with E-state index in [-0.39, 0.29) is 4.47 Å². The number of para-hydroxylation sites is 1. The van der Waals surface area contributed by atoms with Crippen molar-refractivity contribution in [3.8, 4) is 0 Å². The first-order chi connectivity index (χ1) is 9.52. The highest BCUT2D eigenvalue weighted by Crippen LogP contribution is 2.26. The van der Waals surface area contributed by atoms with Crippen LogP contribution in [0, 0.1) is 11.6 Å². The lowest BCUT2D eigenvalue weighted by atomic mass is 10.2. The standard InChI is InChI=1S/C14H10BrF2NOS/c1-20-12-5-3-2-4-11(12)18-14(19)13-9(16)6-8(15)7-10(13)17/h2-7H,1H3,(H,18,19). The Hall–Kier alpha value is -1.40. The highest BCUT2D eigenvalue weighted by molar-refractivity contribution is 9.10. The predicted molar refractivity (Wildman–Crippen MR) is 80.2 cm³/mol. The van der Waals surface area contributed by atoms with Gasteiger partial charge in [0.25, 0.3) is 5.91 Å². The topological polar surface area (TPSA) is 29.1 Å².